The summed E-state index contributed by atoms with van der Waals surface area (Å²) in [5, 5.41) is 26.5. The van der Waals surface area contributed by atoms with E-state index in [0.717, 1.165) is 12.0 Å². The monoisotopic (exact) mass is 535 g/mol. The SMILES string of the molecule is CCCOCCNC(=O)[C@H](CC(=O)O)NC(=O)[C@@H](CC(C)C)NC(=O)[C@@H](CC(C)=O)Cc1ccc(O)cc1. The summed E-state index contributed by atoms with van der Waals surface area (Å²) in [4.78, 5) is 62.1. The molecule has 5 N–H and O–H groups in total. The van der Waals surface area contributed by atoms with Gasteiger partial charge >= 0.3 is 5.97 Å². The molecule has 0 radical (unpaired) electrons. The lowest BCUT2D eigenvalue weighted by Gasteiger charge is -2.25. The number of hydrogen-bond acceptors (Lipinski definition) is 7. The van der Waals surface area contributed by atoms with Crippen LogP contribution in [0.25, 0.3) is 0 Å². The van der Waals surface area contributed by atoms with E-state index in [4.69, 9.17) is 4.74 Å². The number of carbonyl (C=O) groups is 5. The number of carboxylic acid groups (broad SMARTS) is 1. The van der Waals surface area contributed by atoms with Crippen molar-refractivity contribution in [3.05, 3.63) is 29.8 Å². The highest BCUT2D eigenvalue weighted by Crippen LogP contribution is 2.17. The number of carboxylic acids is 1. The molecule has 0 fully saturated rings. The van der Waals surface area contributed by atoms with Crippen molar-refractivity contribution in [2.75, 3.05) is 19.8 Å². The third kappa shape index (κ3) is 13.2. The molecule has 1 rings (SSSR count). The van der Waals surface area contributed by atoms with Crippen molar-refractivity contribution >= 4 is 29.5 Å². The first-order valence-electron chi connectivity index (χ1n) is 12.9. The number of rotatable bonds is 18. The van der Waals surface area contributed by atoms with Crippen LogP contribution in [0, 0.1) is 11.8 Å². The Morgan fingerprint density at radius 2 is 1.53 bits per heavy atom. The molecule has 1 aromatic carbocycles. The summed E-state index contributed by atoms with van der Waals surface area (Å²) in [7, 11) is 0. The molecule has 3 amide bonds. The third-order valence-corrected chi connectivity index (χ3v) is 5.57. The first-order valence-corrected chi connectivity index (χ1v) is 12.9. The molecule has 1 aromatic rings. The topological polar surface area (TPSA) is 171 Å². The van der Waals surface area contributed by atoms with Crippen LogP contribution in [0.3, 0.4) is 0 Å². The number of hydrogen-bond donors (Lipinski definition) is 5. The minimum absolute atomic E-state index is 0.0168. The van der Waals surface area contributed by atoms with Gasteiger partial charge in [0.1, 0.15) is 23.6 Å². The van der Waals surface area contributed by atoms with Crippen LogP contribution in [0.4, 0.5) is 0 Å². The maximum atomic E-state index is 13.2. The molecule has 0 spiro atoms. The summed E-state index contributed by atoms with van der Waals surface area (Å²) in [6.45, 7) is 7.95. The van der Waals surface area contributed by atoms with Crippen LogP contribution < -0.4 is 16.0 Å². The molecule has 0 saturated carbocycles. The van der Waals surface area contributed by atoms with E-state index in [1.807, 2.05) is 20.8 Å². The lowest BCUT2D eigenvalue weighted by atomic mass is 9.92. The average Bonchev–Trinajstić information content (AvgIpc) is 2.83. The summed E-state index contributed by atoms with van der Waals surface area (Å²) in [6, 6.07) is 3.87. The highest BCUT2D eigenvalue weighted by atomic mass is 16.5. The van der Waals surface area contributed by atoms with E-state index in [1.165, 1.54) is 19.1 Å². The molecule has 0 saturated heterocycles. The Bertz CT molecular complexity index is 933. The van der Waals surface area contributed by atoms with E-state index >= 15 is 0 Å². The Labute approximate surface area is 223 Å². The highest BCUT2D eigenvalue weighted by Gasteiger charge is 2.31. The van der Waals surface area contributed by atoms with E-state index < -0.39 is 48.1 Å². The number of ether oxygens (including phenoxy) is 1. The standard InChI is InChI=1S/C27H41N3O8/c1-5-11-38-12-10-28-26(36)23(16-24(33)34)30-27(37)22(13-17(2)3)29-25(35)20(14-18(4)31)15-19-6-8-21(32)9-7-19/h6-9,17,20,22-23,32H,5,10-16H2,1-4H3,(H,28,36)(H,29,35)(H,30,37)(H,33,34)/t20-,22+,23-/m0/s1. The van der Waals surface area contributed by atoms with Gasteiger partial charge in [-0.05, 0) is 49.8 Å². The van der Waals surface area contributed by atoms with Crippen LogP contribution in [0.1, 0.15) is 58.9 Å². The molecule has 212 valence electrons. The number of ketones is 1. The molecule has 3 atom stereocenters. The predicted molar refractivity (Wildman–Crippen MR) is 140 cm³/mol. The molecule has 0 aliphatic heterocycles. The van der Waals surface area contributed by atoms with Crippen molar-refractivity contribution in [2.24, 2.45) is 11.8 Å². The Morgan fingerprint density at radius 1 is 0.895 bits per heavy atom. The van der Waals surface area contributed by atoms with Crippen molar-refractivity contribution < 1.29 is 38.9 Å². The van der Waals surface area contributed by atoms with E-state index in [0.29, 0.717) is 6.61 Å². The first kappa shape index (κ1) is 32.6. The molecule has 0 aromatic heterocycles. The van der Waals surface area contributed by atoms with E-state index in [-0.39, 0.29) is 49.9 Å². The van der Waals surface area contributed by atoms with Crippen LogP contribution in [0.2, 0.25) is 0 Å². The Kier molecular flexibility index (Phi) is 14.7. The largest absolute Gasteiger partial charge is 0.508 e. The van der Waals surface area contributed by atoms with Crippen LogP contribution in [0.15, 0.2) is 24.3 Å². The summed E-state index contributed by atoms with van der Waals surface area (Å²) in [6.07, 6.45) is 0.578. The number of carbonyl (C=O) groups excluding carboxylic acids is 4. The number of nitrogens with one attached hydrogen (secondary N) is 3. The van der Waals surface area contributed by atoms with Gasteiger partial charge in [0.15, 0.2) is 0 Å². The Morgan fingerprint density at radius 3 is 2.08 bits per heavy atom. The normalized spacial score (nSPS) is 13.3. The lowest BCUT2D eigenvalue weighted by Crippen LogP contribution is -2.55. The van der Waals surface area contributed by atoms with Crippen LogP contribution in [-0.2, 0) is 35.1 Å². The van der Waals surface area contributed by atoms with Crippen LogP contribution in [0.5, 0.6) is 5.75 Å². The number of Topliss-reactive ketones (excluding diaryl/α,β-unsaturated/α-hetero) is 1. The third-order valence-electron chi connectivity index (χ3n) is 5.57. The molecular formula is C27H41N3O8. The van der Waals surface area contributed by atoms with E-state index in [1.54, 1.807) is 12.1 Å². The molecular weight excluding hydrogens is 494 g/mol. The van der Waals surface area contributed by atoms with E-state index in [9.17, 15) is 34.2 Å². The average molecular weight is 536 g/mol. The van der Waals surface area contributed by atoms with Crippen LogP contribution >= 0.6 is 0 Å². The van der Waals surface area contributed by atoms with Gasteiger partial charge in [0, 0.05) is 25.5 Å². The second-order valence-corrected chi connectivity index (χ2v) is 9.73. The number of benzene rings is 1. The van der Waals surface area contributed by atoms with Gasteiger partial charge in [-0.25, -0.2) is 0 Å². The van der Waals surface area contributed by atoms with Gasteiger partial charge in [0.25, 0.3) is 0 Å². The maximum absolute atomic E-state index is 13.2. The number of aromatic hydroxyl groups is 1. The minimum Gasteiger partial charge on any atom is -0.508 e. The molecule has 0 bridgehead atoms. The van der Waals surface area contributed by atoms with Crippen molar-refractivity contribution in [2.45, 2.75) is 71.9 Å². The molecule has 0 heterocycles. The fourth-order valence-electron chi connectivity index (χ4n) is 3.79. The molecule has 0 aliphatic rings. The van der Waals surface area contributed by atoms with Gasteiger partial charge < -0.3 is 35.7 Å². The Hall–Kier alpha value is -3.47. The van der Waals surface area contributed by atoms with Crippen LogP contribution in [-0.4, -0.2) is 71.5 Å². The molecule has 11 nitrogen and oxygen atoms in total. The lowest BCUT2D eigenvalue weighted by molar-refractivity contribution is -0.141. The van der Waals surface area contributed by atoms with Crippen molar-refractivity contribution in [3.8, 4) is 5.75 Å². The van der Waals surface area contributed by atoms with Gasteiger partial charge in [-0.15, -0.1) is 0 Å². The number of amides is 3. The second-order valence-electron chi connectivity index (χ2n) is 9.73. The summed E-state index contributed by atoms with van der Waals surface area (Å²) >= 11 is 0. The molecule has 38 heavy (non-hydrogen) atoms. The minimum atomic E-state index is -1.34. The quantitative estimate of drug-likeness (QED) is 0.176. The van der Waals surface area contributed by atoms with Crippen molar-refractivity contribution in [1.29, 1.82) is 0 Å². The zero-order valence-electron chi connectivity index (χ0n) is 22.6. The van der Waals surface area contributed by atoms with Crippen molar-refractivity contribution in [1.82, 2.24) is 16.0 Å². The smallest absolute Gasteiger partial charge is 0.305 e. The van der Waals surface area contributed by atoms with Gasteiger partial charge in [-0.2, -0.15) is 0 Å². The zero-order valence-corrected chi connectivity index (χ0v) is 22.6. The fourth-order valence-corrected chi connectivity index (χ4v) is 3.79. The highest BCUT2D eigenvalue weighted by molar-refractivity contribution is 5.94. The van der Waals surface area contributed by atoms with Crippen molar-refractivity contribution in [3.63, 3.8) is 0 Å². The fraction of sp³-hybridized carbons (Fsp3) is 0.593. The summed E-state index contributed by atoms with van der Waals surface area (Å²) in [5.41, 5.74) is 0.732. The van der Waals surface area contributed by atoms with Gasteiger partial charge in [0.05, 0.1) is 13.0 Å². The van der Waals surface area contributed by atoms with Gasteiger partial charge in [-0.1, -0.05) is 32.9 Å². The van der Waals surface area contributed by atoms with E-state index in [2.05, 4.69) is 16.0 Å². The summed E-state index contributed by atoms with van der Waals surface area (Å²) in [5.74, 6) is -4.05. The number of phenols is 1. The second kappa shape index (κ2) is 17.1. The van der Waals surface area contributed by atoms with Gasteiger partial charge in [-0.3, -0.25) is 19.2 Å². The zero-order chi connectivity index (χ0) is 28.7. The predicted octanol–water partition coefficient (Wildman–Crippen LogP) is 1.56. The molecule has 11 heteroatoms. The molecule has 0 aliphatic carbocycles. The Balaban J connectivity index is 2.97. The number of phenolic OH excluding ortho intramolecular Hbond substituents is 1. The van der Waals surface area contributed by atoms with Gasteiger partial charge in [0.2, 0.25) is 17.7 Å². The molecule has 0 unspecified atom stereocenters. The maximum Gasteiger partial charge on any atom is 0.305 e. The first-order chi connectivity index (χ1) is 17.9. The number of aliphatic carboxylic acids is 1. The summed E-state index contributed by atoms with van der Waals surface area (Å²) < 4.78 is 5.30.